The molecule has 2 aromatic carbocycles. The minimum absolute atomic E-state index is 0.106. The quantitative estimate of drug-likeness (QED) is 0.358. The van der Waals surface area contributed by atoms with Crippen LogP contribution in [0.5, 0.6) is 11.5 Å². The highest BCUT2D eigenvalue weighted by Gasteiger charge is 2.24. The van der Waals surface area contributed by atoms with Gasteiger partial charge in [0.2, 0.25) is 0 Å². The number of hydrogen-bond donors (Lipinski definition) is 1. The van der Waals surface area contributed by atoms with Gasteiger partial charge in [-0.3, -0.25) is 9.79 Å². The van der Waals surface area contributed by atoms with Crippen LogP contribution in [0.15, 0.2) is 46.5 Å². The molecule has 0 bridgehead atoms. The maximum atomic E-state index is 11.4. The number of hydrazone groups is 1. The molecule has 33 heavy (non-hydrogen) atoms. The van der Waals surface area contributed by atoms with Gasteiger partial charge >= 0.3 is 0 Å². The highest BCUT2D eigenvalue weighted by molar-refractivity contribution is 8.14. The molecule has 0 spiro atoms. The third kappa shape index (κ3) is 5.16. The fourth-order valence-electron chi connectivity index (χ4n) is 4.11. The maximum Gasteiger partial charge on any atom is 0.299 e. The number of fused-ring (bicyclic) bond motifs is 1. The number of carbonyl (C=O) groups is 1. The molecular formula is C25H30N4O3S. The molecule has 0 atom stereocenters. The molecule has 0 aliphatic carbocycles. The molecule has 0 saturated heterocycles. The molecule has 0 fully saturated rings. The highest BCUT2D eigenvalue weighted by Crippen LogP contribution is 2.33. The van der Waals surface area contributed by atoms with Crippen LogP contribution in [0.1, 0.15) is 42.9 Å². The molecule has 1 N–H and O–H groups in total. The Bertz CT molecular complexity index is 1080. The van der Waals surface area contributed by atoms with Crippen molar-refractivity contribution in [2.75, 3.05) is 38.0 Å². The van der Waals surface area contributed by atoms with Crippen molar-refractivity contribution in [3.05, 3.63) is 53.1 Å². The molecule has 174 valence electrons. The first kappa shape index (κ1) is 23.2. The summed E-state index contributed by atoms with van der Waals surface area (Å²) in [6.45, 7) is 3.86. The monoisotopic (exact) mass is 466 g/mol. The molecule has 8 heteroatoms. The average Bonchev–Trinajstić information content (AvgIpc) is 2.86. The van der Waals surface area contributed by atoms with E-state index in [1.165, 1.54) is 23.0 Å². The number of carbonyl (C=O) groups excluding carboxylic acids is 1. The largest absolute Gasteiger partial charge is 0.493 e. The smallest absolute Gasteiger partial charge is 0.299 e. The number of unbranched alkanes of at least 4 members (excludes halogenated alkanes) is 1. The number of amidine groups is 1. The first-order valence-corrected chi connectivity index (χ1v) is 12.3. The van der Waals surface area contributed by atoms with Crippen molar-refractivity contribution < 1.29 is 14.3 Å². The van der Waals surface area contributed by atoms with Crippen LogP contribution in [0.2, 0.25) is 0 Å². The Balaban J connectivity index is 1.71. The second-order valence-electron chi connectivity index (χ2n) is 7.97. The summed E-state index contributed by atoms with van der Waals surface area (Å²) in [7, 11) is 3.30. The van der Waals surface area contributed by atoms with E-state index >= 15 is 0 Å². The summed E-state index contributed by atoms with van der Waals surface area (Å²) in [5.74, 6) is 2.94. The number of nitrogens with zero attached hydrogens (tertiary/aromatic N) is 3. The Morgan fingerprint density at radius 2 is 2.03 bits per heavy atom. The van der Waals surface area contributed by atoms with E-state index < -0.39 is 0 Å². The maximum absolute atomic E-state index is 11.4. The first-order valence-electron chi connectivity index (χ1n) is 11.3. The fraction of sp³-hybridized carbons (Fsp3) is 0.400. The van der Waals surface area contributed by atoms with Gasteiger partial charge in [-0.2, -0.15) is 5.10 Å². The van der Waals surface area contributed by atoms with Crippen LogP contribution in [0, 0.1) is 0 Å². The summed E-state index contributed by atoms with van der Waals surface area (Å²) in [6.07, 6.45) is 4.17. The molecule has 0 radical (unpaired) electrons. The van der Waals surface area contributed by atoms with Crippen molar-refractivity contribution in [3.63, 3.8) is 0 Å². The summed E-state index contributed by atoms with van der Waals surface area (Å²) in [5, 5.41) is 4.14. The van der Waals surface area contributed by atoms with Gasteiger partial charge in [-0.05, 0) is 60.7 Å². The SMILES string of the molecule is CCCCN=C(c1ccc(OC)c(OC)c1)N1CCCc2cc(C3=NNC(=O)SC3)ccc21. The van der Waals surface area contributed by atoms with Crippen molar-refractivity contribution >= 4 is 34.2 Å². The number of nitrogens with one attached hydrogen (secondary N) is 1. The van der Waals surface area contributed by atoms with Gasteiger partial charge in [-0.25, -0.2) is 5.43 Å². The number of rotatable bonds is 7. The third-order valence-corrected chi connectivity index (χ3v) is 6.60. The number of hydrogen-bond acceptors (Lipinski definition) is 6. The number of thioether (sulfide) groups is 1. The normalized spacial score (nSPS) is 16.1. The highest BCUT2D eigenvalue weighted by atomic mass is 32.2. The van der Waals surface area contributed by atoms with Crippen LogP contribution < -0.4 is 19.8 Å². The summed E-state index contributed by atoms with van der Waals surface area (Å²) in [6, 6.07) is 12.4. The minimum Gasteiger partial charge on any atom is -0.493 e. The zero-order valence-corrected chi connectivity index (χ0v) is 20.2. The second kappa shape index (κ2) is 10.7. The number of amides is 1. The van der Waals surface area contributed by atoms with Crippen LogP contribution in [-0.2, 0) is 6.42 Å². The van der Waals surface area contributed by atoms with Gasteiger partial charge in [0, 0.05) is 30.1 Å². The van der Waals surface area contributed by atoms with E-state index in [4.69, 9.17) is 14.5 Å². The van der Waals surface area contributed by atoms with Crippen LogP contribution in [0.4, 0.5) is 10.5 Å². The van der Waals surface area contributed by atoms with E-state index in [2.05, 4.69) is 40.5 Å². The number of aryl methyl sites for hydroxylation is 1. The summed E-state index contributed by atoms with van der Waals surface area (Å²) in [5.41, 5.74) is 7.97. The van der Waals surface area contributed by atoms with E-state index in [1.807, 2.05) is 18.2 Å². The molecule has 1 amide bonds. The molecule has 0 saturated carbocycles. The van der Waals surface area contributed by atoms with Crippen molar-refractivity contribution in [1.82, 2.24) is 5.43 Å². The molecule has 4 rings (SSSR count). The van der Waals surface area contributed by atoms with Crippen molar-refractivity contribution in [3.8, 4) is 11.5 Å². The van der Waals surface area contributed by atoms with E-state index in [0.29, 0.717) is 17.3 Å². The van der Waals surface area contributed by atoms with Gasteiger partial charge in [0.15, 0.2) is 11.5 Å². The number of benzene rings is 2. The van der Waals surface area contributed by atoms with E-state index in [1.54, 1.807) is 14.2 Å². The van der Waals surface area contributed by atoms with E-state index in [-0.39, 0.29) is 5.24 Å². The molecule has 0 aromatic heterocycles. The van der Waals surface area contributed by atoms with Gasteiger partial charge in [-0.15, -0.1) is 0 Å². The Morgan fingerprint density at radius 3 is 2.76 bits per heavy atom. The molecule has 0 unspecified atom stereocenters. The van der Waals surface area contributed by atoms with E-state index in [0.717, 1.165) is 61.4 Å². The van der Waals surface area contributed by atoms with Crippen molar-refractivity contribution in [2.24, 2.45) is 10.1 Å². The van der Waals surface area contributed by atoms with Gasteiger partial charge in [0.05, 0.1) is 19.9 Å². The Morgan fingerprint density at radius 1 is 1.18 bits per heavy atom. The fourth-order valence-corrected chi connectivity index (χ4v) is 4.72. The number of methoxy groups -OCH3 is 2. The zero-order chi connectivity index (χ0) is 23.2. The lowest BCUT2D eigenvalue weighted by molar-refractivity contribution is 0.261. The van der Waals surface area contributed by atoms with Gasteiger partial charge in [0.1, 0.15) is 5.84 Å². The second-order valence-corrected chi connectivity index (χ2v) is 8.92. The standard InChI is InChI=1S/C25H30N4O3S/c1-4-5-12-26-24(19-9-11-22(31-2)23(15-19)32-3)29-13-6-7-18-14-17(8-10-21(18)29)20-16-33-25(30)28-27-20/h8-11,14-15H,4-7,12-13,16H2,1-3H3,(H,28,30). The molecular weight excluding hydrogens is 436 g/mol. The van der Waals surface area contributed by atoms with Gasteiger partial charge in [0.25, 0.3) is 5.24 Å². The molecule has 2 aliphatic heterocycles. The van der Waals surface area contributed by atoms with Crippen molar-refractivity contribution in [2.45, 2.75) is 32.6 Å². The zero-order valence-electron chi connectivity index (χ0n) is 19.4. The summed E-state index contributed by atoms with van der Waals surface area (Å²) < 4.78 is 11.0. The van der Waals surface area contributed by atoms with Crippen LogP contribution in [0.3, 0.4) is 0 Å². The predicted octanol–water partition coefficient (Wildman–Crippen LogP) is 4.86. The number of aliphatic imine (C=N–C) groups is 1. The van der Waals surface area contributed by atoms with E-state index in [9.17, 15) is 4.79 Å². The van der Waals surface area contributed by atoms with Crippen LogP contribution in [-0.4, -0.2) is 49.8 Å². The van der Waals surface area contributed by atoms with Crippen LogP contribution in [0.25, 0.3) is 0 Å². The summed E-state index contributed by atoms with van der Waals surface area (Å²) in [4.78, 5) is 18.8. The Labute approximate surface area is 199 Å². The number of anilines is 1. The van der Waals surface area contributed by atoms with Crippen LogP contribution >= 0.6 is 11.8 Å². The average molecular weight is 467 g/mol. The molecule has 2 aliphatic rings. The Kier molecular flexibility index (Phi) is 7.54. The lowest BCUT2D eigenvalue weighted by atomic mass is 9.97. The molecule has 2 aromatic rings. The molecule has 7 nitrogen and oxygen atoms in total. The predicted molar refractivity (Wildman–Crippen MR) is 135 cm³/mol. The Hall–Kier alpha value is -3.00. The first-order chi connectivity index (χ1) is 16.1. The van der Waals surface area contributed by atoms with Gasteiger partial charge < -0.3 is 14.4 Å². The molecule has 2 heterocycles. The third-order valence-electron chi connectivity index (χ3n) is 5.82. The number of ether oxygens (including phenoxy) is 2. The lowest BCUT2D eigenvalue weighted by Gasteiger charge is -2.33. The van der Waals surface area contributed by atoms with Crippen molar-refractivity contribution in [1.29, 1.82) is 0 Å². The minimum atomic E-state index is -0.106. The summed E-state index contributed by atoms with van der Waals surface area (Å²) >= 11 is 1.25. The van der Waals surface area contributed by atoms with Gasteiger partial charge in [-0.1, -0.05) is 31.2 Å². The topological polar surface area (TPSA) is 75.5 Å². The lowest BCUT2D eigenvalue weighted by Crippen LogP contribution is -2.36.